The quantitative estimate of drug-likeness (QED) is 0.617. The number of amides is 1. The lowest BCUT2D eigenvalue weighted by atomic mass is 9.98. The molecule has 1 atom stereocenters. The molecule has 5 nitrogen and oxygen atoms in total. The van der Waals surface area contributed by atoms with Crippen LogP contribution in [0.15, 0.2) is 30.3 Å². The average Bonchev–Trinajstić information content (AvgIpc) is 2.52. The third-order valence-corrected chi connectivity index (χ3v) is 3.43. The maximum atomic E-state index is 11.9. The van der Waals surface area contributed by atoms with Gasteiger partial charge < -0.3 is 10.1 Å². The van der Waals surface area contributed by atoms with Crippen molar-refractivity contribution < 1.29 is 19.1 Å². The summed E-state index contributed by atoms with van der Waals surface area (Å²) in [5.74, 6) is -0.927. The van der Waals surface area contributed by atoms with Crippen LogP contribution >= 0.6 is 0 Å². The summed E-state index contributed by atoms with van der Waals surface area (Å²) in [5.41, 5.74) is -0.474. The molecule has 0 aliphatic carbocycles. The number of benzene rings is 1. The largest absolute Gasteiger partial charge is 0.467 e. The molecule has 0 spiro atoms. The smallest absolute Gasteiger partial charge is 0.331 e. The molecule has 0 aliphatic heterocycles. The molecule has 0 saturated carbocycles. The lowest BCUT2D eigenvalue weighted by Crippen LogP contribution is -2.52. The van der Waals surface area contributed by atoms with E-state index in [2.05, 4.69) is 10.1 Å². The summed E-state index contributed by atoms with van der Waals surface area (Å²) >= 11 is 0. The van der Waals surface area contributed by atoms with Crippen molar-refractivity contribution in [1.29, 1.82) is 0 Å². The van der Waals surface area contributed by atoms with Crippen LogP contribution in [0, 0.1) is 0 Å². The van der Waals surface area contributed by atoms with Crippen LogP contribution in [0.1, 0.15) is 43.5 Å². The highest BCUT2D eigenvalue weighted by molar-refractivity contribution is 5.98. The molecule has 0 fully saturated rings. The van der Waals surface area contributed by atoms with Crippen LogP contribution in [0.2, 0.25) is 0 Å². The fourth-order valence-corrected chi connectivity index (χ4v) is 1.87. The molecule has 1 aromatic carbocycles. The minimum absolute atomic E-state index is 0.0420. The molecule has 0 radical (unpaired) electrons. The second-order valence-corrected chi connectivity index (χ2v) is 5.01. The maximum Gasteiger partial charge on any atom is 0.331 e. The van der Waals surface area contributed by atoms with E-state index >= 15 is 0 Å². The van der Waals surface area contributed by atoms with Crippen LogP contribution in [0.5, 0.6) is 0 Å². The van der Waals surface area contributed by atoms with Gasteiger partial charge in [-0.05, 0) is 13.3 Å². The Balaban J connectivity index is 2.54. The van der Waals surface area contributed by atoms with Gasteiger partial charge >= 0.3 is 5.97 Å². The number of hydrogen-bond acceptors (Lipinski definition) is 4. The summed E-state index contributed by atoms with van der Waals surface area (Å²) in [6.07, 6.45) is 0.565. The molecule has 114 valence electrons. The molecule has 0 saturated heterocycles. The summed E-state index contributed by atoms with van der Waals surface area (Å²) in [5, 5.41) is 2.63. The Morgan fingerprint density at radius 1 is 1.14 bits per heavy atom. The van der Waals surface area contributed by atoms with Crippen molar-refractivity contribution in [2.45, 2.75) is 38.6 Å². The van der Waals surface area contributed by atoms with E-state index < -0.39 is 11.5 Å². The Bertz CT molecular complexity index is 512. The highest BCUT2D eigenvalue weighted by Crippen LogP contribution is 2.12. The van der Waals surface area contributed by atoms with Crippen LogP contribution in [-0.2, 0) is 14.3 Å². The van der Waals surface area contributed by atoms with Gasteiger partial charge in [0.05, 0.1) is 7.11 Å². The Morgan fingerprint density at radius 3 is 2.29 bits per heavy atom. The molecule has 21 heavy (non-hydrogen) atoms. The van der Waals surface area contributed by atoms with Crippen LogP contribution < -0.4 is 5.32 Å². The SMILES string of the molecule is CC[C@](C)(NC(=O)CCC(=O)c1ccccc1)C(=O)OC. The number of esters is 1. The van der Waals surface area contributed by atoms with E-state index in [4.69, 9.17) is 0 Å². The van der Waals surface area contributed by atoms with Crippen LogP contribution in [-0.4, -0.2) is 30.3 Å². The van der Waals surface area contributed by atoms with Crippen molar-refractivity contribution in [2.75, 3.05) is 7.11 Å². The lowest BCUT2D eigenvalue weighted by Gasteiger charge is -2.26. The highest BCUT2D eigenvalue weighted by Gasteiger charge is 2.33. The van der Waals surface area contributed by atoms with Crippen LogP contribution in [0.3, 0.4) is 0 Å². The maximum absolute atomic E-state index is 11.9. The second kappa shape index (κ2) is 7.57. The van der Waals surface area contributed by atoms with Crippen molar-refractivity contribution in [3.8, 4) is 0 Å². The molecule has 5 heteroatoms. The first kappa shape index (κ1) is 16.9. The molecule has 0 bridgehead atoms. The number of hydrogen-bond donors (Lipinski definition) is 1. The number of rotatable bonds is 7. The van der Waals surface area contributed by atoms with Gasteiger partial charge in [0.15, 0.2) is 5.78 Å². The number of carbonyl (C=O) groups excluding carboxylic acids is 3. The van der Waals surface area contributed by atoms with E-state index in [1.807, 2.05) is 6.07 Å². The minimum Gasteiger partial charge on any atom is -0.467 e. The zero-order valence-electron chi connectivity index (χ0n) is 12.6. The van der Waals surface area contributed by atoms with Crippen LogP contribution in [0.4, 0.5) is 0 Å². The topological polar surface area (TPSA) is 72.5 Å². The first-order valence-corrected chi connectivity index (χ1v) is 6.90. The molecule has 1 N–H and O–H groups in total. The van der Waals surface area contributed by atoms with Crippen molar-refractivity contribution in [2.24, 2.45) is 0 Å². The van der Waals surface area contributed by atoms with Gasteiger partial charge in [-0.2, -0.15) is 0 Å². The van der Waals surface area contributed by atoms with Crippen molar-refractivity contribution in [1.82, 2.24) is 5.32 Å². The lowest BCUT2D eigenvalue weighted by molar-refractivity contribution is -0.150. The van der Waals surface area contributed by atoms with Gasteiger partial charge in [0, 0.05) is 18.4 Å². The summed E-state index contributed by atoms with van der Waals surface area (Å²) < 4.78 is 4.68. The first-order valence-electron chi connectivity index (χ1n) is 6.90. The van der Waals surface area contributed by atoms with E-state index in [1.165, 1.54) is 7.11 Å². The third kappa shape index (κ3) is 4.70. The normalized spacial score (nSPS) is 13.1. The van der Waals surface area contributed by atoms with Gasteiger partial charge in [-0.25, -0.2) is 4.79 Å². The Labute approximate surface area is 124 Å². The van der Waals surface area contributed by atoms with E-state index in [0.717, 1.165) is 0 Å². The summed E-state index contributed by atoms with van der Waals surface area (Å²) in [4.78, 5) is 35.5. The number of nitrogens with one attached hydrogen (secondary N) is 1. The van der Waals surface area contributed by atoms with E-state index in [-0.39, 0.29) is 24.5 Å². The van der Waals surface area contributed by atoms with Gasteiger partial charge in [-0.1, -0.05) is 37.3 Å². The highest BCUT2D eigenvalue weighted by atomic mass is 16.5. The molecule has 0 aliphatic rings. The van der Waals surface area contributed by atoms with E-state index in [0.29, 0.717) is 12.0 Å². The summed E-state index contributed by atoms with van der Waals surface area (Å²) in [6.45, 7) is 3.39. The molecule has 1 amide bonds. The Hall–Kier alpha value is -2.17. The van der Waals surface area contributed by atoms with Gasteiger partial charge in [0.1, 0.15) is 5.54 Å². The minimum atomic E-state index is -1.05. The standard InChI is InChI=1S/C16H21NO4/c1-4-16(2,15(20)21-3)17-14(19)11-10-13(18)12-8-6-5-7-9-12/h5-9H,4,10-11H2,1-3H3,(H,17,19)/t16-/m0/s1. The van der Waals surface area contributed by atoms with E-state index in [9.17, 15) is 14.4 Å². The van der Waals surface area contributed by atoms with Gasteiger partial charge in [0.25, 0.3) is 0 Å². The molecular weight excluding hydrogens is 270 g/mol. The van der Waals surface area contributed by atoms with Gasteiger partial charge in [0.2, 0.25) is 5.91 Å². The number of methoxy groups -OCH3 is 1. The fraction of sp³-hybridized carbons (Fsp3) is 0.438. The van der Waals surface area contributed by atoms with E-state index in [1.54, 1.807) is 38.1 Å². The van der Waals surface area contributed by atoms with Crippen molar-refractivity contribution in [3.05, 3.63) is 35.9 Å². The third-order valence-electron chi connectivity index (χ3n) is 3.43. The van der Waals surface area contributed by atoms with Gasteiger partial charge in [-0.15, -0.1) is 0 Å². The Morgan fingerprint density at radius 2 is 1.76 bits per heavy atom. The molecule has 0 aromatic heterocycles. The van der Waals surface area contributed by atoms with Crippen molar-refractivity contribution >= 4 is 17.7 Å². The molecule has 1 aromatic rings. The number of Topliss-reactive ketones (excluding diaryl/α,β-unsaturated/α-hetero) is 1. The average molecular weight is 291 g/mol. The number of carbonyl (C=O) groups is 3. The van der Waals surface area contributed by atoms with Gasteiger partial charge in [-0.3, -0.25) is 9.59 Å². The molecule has 1 rings (SSSR count). The zero-order valence-corrected chi connectivity index (χ0v) is 12.6. The predicted octanol–water partition coefficient (Wildman–Crippen LogP) is 2.11. The summed E-state index contributed by atoms with van der Waals surface area (Å²) in [7, 11) is 1.28. The van der Waals surface area contributed by atoms with Crippen molar-refractivity contribution in [3.63, 3.8) is 0 Å². The molecule has 0 unspecified atom stereocenters. The zero-order chi connectivity index (χ0) is 15.9. The fourth-order valence-electron chi connectivity index (χ4n) is 1.87. The number of ether oxygens (including phenoxy) is 1. The first-order chi connectivity index (χ1) is 9.92. The summed E-state index contributed by atoms with van der Waals surface area (Å²) in [6, 6.07) is 8.81. The monoisotopic (exact) mass is 291 g/mol. The predicted molar refractivity (Wildman–Crippen MR) is 78.9 cm³/mol. The van der Waals surface area contributed by atoms with Crippen LogP contribution in [0.25, 0.3) is 0 Å². The Kier molecular flexibility index (Phi) is 6.09. The number of ketones is 1. The molecular formula is C16H21NO4. The second-order valence-electron chi connectivity index (χ2n) is 5.01. The molecule has 0 heterocycles.